The fourth-order valence-electron chi connectivity index (χ4n) is 0.992. The van der Waals surface area contributed by atoms with Crippen LogP contribution in [0, 0.1) is 0 Å². The monoisotopic (exact) mass is 174 g/mol. The van der Waals surface area contributed by atoms with Gasteiger partial charge in [0.15, 0.2) is 0 Å². The van der Waals surface area contributed by atoms with Crippen molar-refractivity contribution < 1.29 is 6.85 Å². The van der Waals surface area contributed by atoms with Gasteiger partial charge in [-0.15, -0.1) is 12.4 Å². The summed E-state index contributed by atoms with van der Waals surface area (Å²) in [6.07, 6.45) is 0.702. The van der Waals surface area contributed by atoms with Gasteiger partial charge in [0.2, 0.25) is 0 Å². The molecule has 1 saturated carbocycles. The molecule has 2 rings (SSSR count). The lowest BCUT2D eigenvalue weighted by atomic mass is 10.1. The predicted octanol–water partition coefficient (Wildman–Crippen LogP) is 1.92. The fourth-order valence-corrected chi connectivity index (χ4v) is 0.992. The molecule has 1 aliphatic rings. The molecule has 1 aromatic rings. The Kier molecular flexibility index (Phi) is 1.16. The average Bonchev–Trinajstić information content (AvgIpc) is 2.90. The highest BCUT2D eigenvalue weighted by Gasteiger charge is 2.34. The van der Waals surface area contributed by atoms with Crippen molar-refractivity contribution in [2.75, 3.05) is 0 Å². The smallest absolute Gasteiger partial charge is 0.0626 e. The van der Waals surface area contributed by atoms with E-state index in [-0.39, 0.29) is 54.6 Å². The number of halogens is 1. The SMILES string of the molecule is Cl.[2H]c1c([2H])c([2H])c([C@@H]2C[C@H]2N)c([2H])c1[2H]. The van der Waals surface area contributed by atoms with Gasteiger partial charge in [-0.25, -0.2) is 0 Å². The molecular weight excluding hydrogens is 158 g/mol. The molecule has 0 radical (unpaired) electrons. The number of hydrogen-bond acceptors (Lipinski definition) is 1. The van der Waals surface area contributed by atoms with E-state index in [1.165, 1.54) is 0 Å². The zero-order chi connectivity index (χ0) is 11.3. The molecule has 1 aromatic carbocycles. The van der Waals surface area contributed by atoms with Crippen LogP contribution in [0.2, 0.25) is 0 Å². The van der Waals surface area contributed by atoms with Crippen molar-refractivity contribution in [1.82, 2.24) is 0 Å². The highest BCUT2D eigenvalue weighted by atomic mass is 35.5. The van der Waals surface area contributed by atoms with Crippen molar-refractivity contribution in [2.45, 2.75) is 18.4 Å². The molecule has 0 aliphatic heterocycles. The fraction of sp³-hybridized carbons (Fsp3) is 0.333. The summed E-state index contributed by atoms with van der Waals surface area (Å²) in [4.78, 5) is 0. The minimum atomic E-state index is -0.344. The van der Waals surface area contributed by atoms with Crippen molar-refractivity contribution in [3.8, 4) is 0 Å². The number of benzene rings is 1. The lowest BCUT2D eigenvalue weighted by Gasteiger charge is -1.94. The molecule has 0 heterocycles. The van der Waals surface area contributed by atoms with Gasteiger partial charge in [-0.05, 0) is 12.0 Å². The van der Waals surface area contributed by atoms with Crippen LogP contribution in [0.3, 0.4) is 0 Å². The van der Waals surface area contributed by atoms with Gasteiger partial charge in [0.1, 0.15) is 0 Å². The Balaban J connectivity index is 0.00000128. The van der Waals surface area contributed by atoms with E-state index in [9.17, 15) is 0 Å². The molecule has 2 N–H and O–H groups in total. The standard InChI is InChI=1S/C9H11N.ClH/c10-9-6-8(9)7-4-2-1-3-5-7;/h1-5,8-9H,6,10H2;1H/t8-,9+;/m0./s1/i1D,2D,3D,4D,5D;. The Bertz CT molecular complexity index is 407. The third kappa shape index (κ3) is 1.73. The normalized spacial score (nSPS) is 33.7. The predicted molar refractivity (Wildman–Crippen MR) is 49.0 cm³/mol. The molecule has 0 aromatic heterocycles. The van der Waals surface area contributed by atoms with Crippen molar-refractivity contribution in [2.24, 2.45) is 5.73 Å². The first-order chi connectivity index (χ1) is 6.95. The molecule has 60 valence electrons. The molecule has 0 unspecified atom stereocenters. The summed E-state index contributed by atoms with van der Waals surface area (Å²) >= 11 is 0. The lowest BCUT2D eigenvalue weighted by molar-refractivity contribution is 0.991. The average molecular weight is 175 g/mol. The van der Waals surface area contributed by atoms with Crippen LogP contribution >= 0.6 is 12.4 Å². The zero-order valence-electron chi connectivity index (χ0n) is 10.8. The summed E-state index contributed by atoms with van der Waals surface area (Å²) in [7, 11) is 0. The molecule has 2 atom stereocenters. The summed E-state index contributed by atoms with van der Waals surface area (Å²) in [5.41, 5.74) is 6.01. The molecule has 2 heteroatoms. The third-order valence-electron chi connectivity index (χ3n) is 1.73. The lowest BCUT2D eigenvalue weighted by Crippen LogP contribution is -2.00. The Hall–Kier alpha value is -0.530. The van der Waals surface area contributed by atoms with Crippen LogP contribution < -0.4 is 5.73 Å². The van der Waals surface area contributed by atoms with E-state index in [1.807, 2.05) is 0 Å². The van der Waals surface area contributed by atoms with Gasteiger partial charge < -0.3 is 5.73 Å². The van der Waals surface area contributed by atoms with E-state index in [4.69, 9.17) is 12.6 Å². The van der Waals surface area contributed by atoms with E-state index < -0.39 is 0 Å². The minimum Gasteiger partial charge on any atom is -0.327 e. The molecular formula is C9H12ClN. The number of rotatable bonds is 1. The van der Waals surface area contributed by atoms with Crippen molar-refractivity contribution in [3.63, 3.8) is 0 Å². The van der Waals surface area contributed by atoms with Crippen LogP contribution in [0.1, 0.15) is 24.8 Å². The Labute approximate surface area is 80.0 Å². The van der Waals surface area contributed by atoms with E-state index in [2.05, 4.69) is 0 Å². The van der Waals surface area contributed by atoms with Gasteiger partial charge >= 0.3 is 0 Å². The maximum atomic E-state index is 7.67. The van der Waals surface area contributed by atoms with Crippen LogP contribution in [-0.2, 0) is 0 Å². The third-order valence-corrected chi connectivity index (χ3v) is 1.73. The summed E-state index contributed by atoms with van der Waals surface area (Å²) < 4.78 is 37.7. The minimum absolute atomic E-state index is 0. The van der Waals surface area contributed by atoms with Crippen molar-refractivity contribution in [1.29, 1.82) is 0 Å². The Morgan fingerprint density at radius 2 is 1.91 bits per heavy atom. The molecule has 0 amide bonds. The summed E-state index contributed by atoms with van der Waals surface area (Å²) in [6, 6.07) is -1.18. The summed E-state index contributed by atoms with van der Waals surface area (Å²) in [5, 5.41) is 0. The highest BCUT2D eigenvalue weighted by molar-refractivity contribution is 5.85. The van der Waals surface area contributed by atoms with Gasteiger partial charge in [0.05, 0.1) is 6.85 Å². The second-order valence-electron chi connectivity index (χ2n) is 2.54. The van der Waals surface area contributed by atoms with E-state index in [0.717, 1.165) is 0 Å². The van der Waals surface area contributed by atoms with E-state index >= 15 is 0 Å². The number of nitrogens with two attached hydrogens (primary N) is 1. The molecule has 1 aliphatic carbocycles. The first-order valence-electron chi connectivity index (χ1n) is 5.77. The first-order valence-corrected chi connectivity index (χ1v) is 3.27. The van der Waals surface area contributed by atoms with Crippen LogP contribution in [0.5, 0.6) is 0 Å². The largest absolute Gasteiger partial charge is 0.327 e. The van der Waals surface area contributed by atoms with Gasteiger partial charge in [-0.3, -0.25) is 0 Å². The molecule has 0 spiro atoms. The molecule has 0 bridgehead atoms. The van der Waals surface area contributed by atoms with Crippen molar-refractivity contribution in [3.05, 3.63) is 35.8 Å². The summed E-state index contributed by atoms with van der Waals surface area (Å²) in [6.45, 7) is 0. The highest BCUT2D eigenvalue weighted by Crippen LogP contribution is 2.38. The second-order valence-corrected chi connectivity index (χ2v) is 2.54. The zero-order valence-corrected chi connectivity index (χ0v) is 6.66. The molecule has 1 fully saturated rings. The van der Waals surface area contributed by atoms with Crippen LogP contribution in [0.25, 0.3) is 0 Å². The maximum absolute atomic E-state index is 7.67. The van der Waals surface area contributed by atoms with E-state index in [0.29, 0.717) is 12.0 Å². The van der Waals surface area contributed by atoms with Gasteiger partial charge in [0.25, 0.3) is 0 Å². The molecule has 11 heavy (non-hydrogen) atoms. The van der Waals surface area contributed by atoms with Crippen LogP contribution in [0.4, 0.5) is 0 Å². The Morgan fingerprint density at radius 3 is 2.36 bits per heavy atom. The first kappa shape index (κ1) is 3.92. The summed E-state index contributed by atoms with van der Waals surface area (Å²) in [5.74, 6) is -0.0706. The quantitative estimate of drug-likeness (QED) is 0.692. The van der Waals surface area contributed by atoms with Gasteiger partial charge in [-0.1, -0.05) is 30.2 Å². The molecule has 0 saturated heterocycles. The Morgan fingerprint density at radius 1 is 1.36 bits per heavy atom. The van der Waals surface area contributed by atoms with E-state index in [1.54, 1.807) is 0 Å². The molecule has 1 nitrogen and oxygen atoms in total. The van der Waals surface area contributed by atoms with Crippen molar-refractivity contribution >= 4 is 12.4 Å². The van der Waals surface area contributed by atoms with Crippen LogP contribution in [0.15, 0.2) is 30.2 Å². The second kappa shape index (κ2) is 3.24. The topological polar surface area (TPSA) is 26.0 Å². The number of hydrogen-bond donors (Lipinski definition) is 1. The van der Waals surface area contributed by atoms with Gasteiger partial charge in [-0.2, -0.15) is 0 Å². The van der Waals surface area contributed by atoms with Gasteiger partial charge in [0, 0.05) is 12.0 Å². The maximum Gasteiger partial charge on any atom is 0.0626 e. The van der Waals surface area contributed by atoms with Crippen LogP contribution in [-0.4, -0.2) is 6.04 Å².